The Kier molecular flexibility index (Phi) is 8.42. The SMILES string of the molecule is O=S(=O)([O-])c1cccc(P)c1.[Li+].c1ccc(-c2ccccc2)cc1. The van der Waals surface area contributed by atoms with Crippen molar-refractivity contribution in [1.82, 2.24) is 0 Å². The Balaban J connectivity index is 0.000000232. The van der Waals surface area contributed by atoms with Crippen molar-refractivity contribution in [3.8, 4) is 11.1 Å². The molecule has 0 bridgehead atoms. The minimum atomic E-state index is -4.29. The summed E-state index contributed by atoms with van der Waals surface area (Å²) in [5.74, 6) is 0. The molecule has 0 saturated heterocycles. The summed E-state index contributed by atoms with van der Waals surface area (Å²) in [4.78, 5) is -0.190. The zero-order valence-electron chi connectivity index (χ0n) is 13.3. The average Bonchev–Trinajstić information content (AvgIpc) is 2.56. The first kappa shape index (κ1) is 20.6. The van der Waals surface area contributed by atoms with Crippen LogP contribution in [0.3, 0.4) is 0 Å². The number of benzene rings is 3. The van der Waals surface area contributed by atoms with Gasteiger partial charge in [-0.3, -0.25) is 0 Å². The Bertz CT molecular complexity index is 816. The molecule has 0 N–H and O–H groups in total. The first-order valence-corrected chi connectivity index (χ1v) is 8.87. The minimum absolute atomic E-state index is 0. The average molecular weight is 350 g/mol. The van der Waals surface area contributed by atoms with Gasteiger partial charge in [-0.1, -0.05) is 72.8 Å². The molecule has 1 unspecified atom stereocenters. The second kappa shape index (κ2) is 9.79. The standard InChI is InChI=1S/C12H10.C6H7O3PS.Li/c1-3-7-11(8-4-1)12-9-5-2-6-10-12;7-11(8,9)6-3-1-2-5(10)4-6;/h1-10H;1-4H,10H2,(H,7,8,9);/q;;+1/p-1. The maximum atomic E-state index is 10.4. The number of rotatable bonds is 2. The Hall–Kier alpha value is -1.40. The monoisotopic (exact) mass is 350 g/mol. The normalized spacial score (nSPS) is 10.1. The van der Waals surface area contributed by atoms with Crippen LogP contribution >= 0.6 is 9.24 Å². The Morgan fingerprint density at radius 3 is 1.50 bits per heavy atom. The Morgan fingerprint density at radius 1 is 0.708 bits per heavy atom. The largest absolute Gasteiger partial charge is 1.00 e. The molecular formula is C18H16LiO3PS. The van der Waals surface area contributed by atoms with Crippen LogP contribution in [0.1, 0.15) is 0 Å². The van der Waals surface area contributed by atoms with E-state index in [4.69, 9.17) is 0 Å². The maximum absolute atomic E-state index is 10.4. The fourth-order valence-corrected chi connectivity index (χ4v) is 2.87. The van der Waals surface area contributed by atoms with E-state index in [1.807, 2.05) is 12.1 Å². The van der Waals surface area contributed by atoms with Gasteiger partial charge in [-0.15, -0.1) is 9.24 Å². The Labute approximate surface area is 157 Å². The summed E-state index contributed by atoms with van der Waals surface area (Å²) < 4.78 is 31.3. The van der Waals surface area contributed by atoms with Crippen LogP contribution in [0.15, 0.2) is 89.8 Å². The molecule has 0 aromatic heterocycles. The van der Waals surface area contributed by atoms with Gasteiger partial charge in [-0.05, 0) is 28.6 Å². The summed E-state index contributed by atoms with van der Waals surface area (Å²) in [6.07, 6.45) is 0. The summed E-state index contributed by atoms with van der Waals surface area (Å²) in [5, 5.41) is 0.682. The van der Waals surface area contributed by atoms with Gasteiger partial charge in [0.1, 0.15) is 10.1 Å². The van der Waals surface area contributed by atoms with Gasteiger partial charge in [0.25, 0.3) is 0 Å². The van der Waals surface area contributed by atoms with Gasteiger partial charge in [0.05, 0.1) is 4.90 Å². The molecule has 118 valence electrons. The van der Waals surface area contributed by atoms with Crippen LogP contribution in [0.5, 0.6) is 0 Å². The summed E-state index contributed by atoms with van der Waals surface area (Å²) in [5.41, 5.74) is 2.55. The number of hydrogen-bond acceptors (Lipinski definition) is 3. The summed E-state index contributed by atoms with van der Waals surface area (Å²) in [6.45, 7) is 0. The second-order valence-electron chi connectivity index (χ2n) is 4.76. The third kappa shape index (κ3) is 6.61. The van der Waals surface area contributed by atoms with Crippen LogP contribution in [0, 0.1) is 0 Å². The van der Waals surface area contributed by atoms with E-state index >= 15 is 0 Å². The molecule has 6 heteroatoms. The van der Waals surface area contributed by atoms with Crippen molar-refractivity contribution < 1.29 is 31.8 Å². The molecule has 3 aromatic carbocycles. The van der Waals surface area contributed by atoms with Crippen molar-refractivity contribution in [3.63, 3.8) is 0 Å². The van der Waals surface area contributed by atoms with Gasteiger partial charge in [-0.2, -0.15) is 0 Å². The summed E-state index contributed by atoms with van der Waals surface area (Å²) in [7, 11) is -1.97. The molecule has 0 aliphatic rings. The zero-order chi connectivity index (χ0) is 16.7. The molecule has 0 amide bonds. The quantitative estimate of drug-likeness (QED) is 0.383. The molecular weight excluding hydrogens is 334 g/mol. The van der Waals surface area contributed by atoms with Crippen LogP contribution in [-0.4, -0.2) is 13.0 Å². The predicted molar refractivity (Wildman–Crippen MR) is 95.6 cm³/mol. The van der Waals surface area contributed by atoms with Gasteiger partial charge in [0.15, 0.2) is 0 Å². The minimum Gasteiger partial charge on any atom is -0.744 e. The molecule has 0 radical (unpaired) electrons. The molecule has 0 heterocycles. The molecule has 3 aromatic rings. The number of hydrogen-bond donors (Lipinski definition) is 0. The van der Waals surface area contributed by atoms with Gasteiger partial charge in [0, 0.05) is 0 Å². The first-order valence-electron chi connectivity index (χ1n) is 6.89. The zero-order valence-corrected chi connectivity index (χ0v) is 15.3. The van der Waals surface area contributed by atoms with Gasteiger partial charge < -0.3 is 4.55 Å². The van der Waals surface area contributed by atoms with E-state index in [9.17, 15) is 13.0 Å². The Morgan fingerprint density at radius 2 is 1.17 bits per heavy atom. The predicted octanol–water partition coefficient (Wildman–Crippen LogP) is 0.449. The first-order chi connectivity index (χ1) is 11.0. The van der Waals surface area contributed by atoms with Crippen molar-refractivity contribution in [2.75, 3.05) is 0 Å². The van der Waals surface area contributed by atoms with Crippen molar-refractivity contribution >= 4 is 24.7 Å². The topological polar surface area (TPSA) is 57.2 Å². The fraction of sp³-hybridized carbons (Fsp3) is 0. The maximum Gasteiger partial charge on any atom is 1.00 e. The van der Waals surface area contributed by atoms with Crippen LogP contribution < -0.4 is 24.2 Å². The fourth-order valence-electron chi connectivity index (χ4n) is 1.93. The van der Waals surface area contributed by atoms with Gasteiger partial charge in [-0.25, -0.2) is 8.42 Å². The molecule has 3 rings (SSSR count). The molecule has 0 spiro atoms. The molecule has 1 atom stereocenters. The van der Waals surface area contributed by atoms with E-state index in [1.54, 1.807) is 6.07 Å². The van der Waals surface area contributed by atoms with Crippen LogP contribution in [0.4, 0.5) is 0 Å². The molecule has 3 nitrogen and oxygen atoms in total. The van der Waals surface area contributed by atoms with Crippen molar-refractivity contribution in [2.24, 2.45) is 0 Å². The smallest absolute Gasteiger partial charge is 0.744 e. The van der Waals surface area contributed by atoms with E-state index in [0.717, 1.165) is 0 Å². The second-order valence-corrected chi connectivity index (χ2v) is 6.80. The third-order valence-electron chi connectivity index (χ3n) is 3.03. The van der Waals surface area contributed by atoms with E-state index in [-0.39, 0.29) is 23.8 Å². The van der Waals surface area contributed by atoms with Crippen LogP contribution in [-0.2, 0) is 10.1 Å². The summed E-state index contributed by atoms with van der Waals surface area (Å²) in [6, 6.07) is 26.6. The van der Waals surface area contributed by atoms with E-state index in [0.29, 0.717) is 5.30 Å². The third-order valence-corrected chi connectivity index (χ3v) is 4.22. The molecule has 0 aliphatic heterocycles. The molecule has 0 aliphatic carbocycles. The van der Waals surface area contributed by atoms with Crippen molar-refractivity contribution in [2.45, 2.75) is 4.90 Å². The summed E-state index contributed by atoms with van der Waals surface area (Å²) >= 11 is 0. The molecule has 24 heavy (non-hydrogen) atoms. The van der Waals surface area contributed by atoms with Crippen LogP contribution in [0.2, 0.25) is 0 Å². The molecule has 0 saturated carbocycles. The van der Waals surface area contributed by atoms with Gasteiger partial charge in [0.2, 0.25) is 0 Å². The molecule has 0 fully saturated rings. The van der Waals surface area contributed by atoms with Crippen LogP contribution in [0.25, 0.3) is 11.1 Å². The van der Waals surface area contributed by atoms with E-state index in [1.165, 1.54) is 29.3 Å². The van der Waals surface area contributed by atoms with Crippen molar-refractivity contribution in [1.29, 1.82) is 0 Å². The van der Waals surface area contributed by atoms with E-state index < -0.39 is 10.1 Å². The van der Waals surface area contributed by atoms with Crippen molar-refractivity contribution in [3.05, 3.63) is 84.9 Å². The van der Waals surface area contributed by atoms with Gasteiger partial charge >= 0.3 is 18.9 Å². The van der Waals surface area contributed by atoms with E-state index in [2.05, 4.69) is 57.8 Å².